The third-order valence-corrected chi connectivity index (χ3v) is 5.67. The van der Waals surface area contributed by atoms with Gasteiger partial charge in [-0.25, -0.2) is 0 Å². The van der Waals surface area contributed by atoms with E-state index in [9.17, 15) is 19.8 Å². The van der Waals surface area contributed by atoms with Crippen LogP contribution in [0.15, 0.2) is 54.1 Å². The van der Waals surface area contributed by atoms with Crippen molar-refractivity contribution in [2.75, 3.05) is 33.3 Å². The molecular formula is C24H28N2O5. The number of ketones is 1. The number of nitrogens with zero attached hydrogens (tertiary/aromatic N) is 2. The van der Waals surface area contributed by atoms with E-state index in [1.54, 1.807) is 6.07 Å². The fourth-order valence-corrected chi connectivity index (χ4v) is 3.87. The fraction of sp³-hybridized carbons (Fsp3) is 0.333. The molecule has 0 spiro atoms. The van der Waals surface area contributed by atoms with Gasteiger partial charge in [-0.15, -0.1) is 0 Å². The number of aromatic hydroxyl groups is 1. The average Bonchev–Trinajstić information content (AvgIpc) is 3.04. The molecule has 0 aromatic heterocycles. The van der Waals surface area contributed by atoms with Crippen LogP contribution in [-0.4, -0.2) is 65.0 Å². The summed E-state index contributed by atoms with van der Waals surface area (Å²) >= 11 is 0. The van der Waals surface area contributed by atoms with Gasteiger partial charge in [0.15, 0.2) is 0 Å². The highest BCUT2D eigenvalue weighted by Gasteiger charge is 2.46. The number of Topliss-reactive ketones (excluding diaryl/α,β-unsaturated/α-hetero) is 1. The lowest BCUT2D eigenvalue weighted by Crippen LogP contribution is -2.38. The first kappa shape index (κ1) is 22.4. The van der Waals surface area contributed by atoms with E-state index >= 15 is 0 Å². The third-order valence-electron chi connectivity index (χ3n) is 5.67. The van der Waals surface area contributed by atoms with E-state index in [1.807, 2.05) is 44.2 Å². The van der Waals surface area contributed by atoms with Crippen LogP contribution in [0.4, 0.5) is 0 Å². The van der Waals surface area contributed by atoms with Crippen molar-refractivity contribution in [1.29, 1.82) is 0 Å². The summed E-state index contributed by atoms with van der Waals surface area (Å²) in [6, 6.07) is 12.8. The lowest BCUT2D eigenvalue weighted by Gasteiger charge is -2.28. The molecule has 7 heteroatoms. The number of benzene rings is 2. The Balaban J connectivity index is 2.10. The molecule has 0 radical (unpaired) electrons. The molecule has 1 fully saturated rings. The molecule has 1 saturated heterocycles. The summed E-state index contributed by atoms with van der Waals surface area (Å²) in [5.41, 5.74) is 0.760. The second kappa shape index (κ2) is 9.66. The first-order chi connectivity index (χ1) is 14.9. The molecule has 1 atom stereocenters. The number of likely N-dealkylation sites (tertiary alicyclic amines) is 1. The van der Waals surface area contributed by atoms with Crippen LogP contribution in [0.5, 0.6) is 11.5 Å². The van der Waals surface area contributed by atoms with Crippen molar-refractivity contribution in [2.45, 2.75) is 19.9 Å². The number of methoxy groups -OCH3 is 1. The summed E-state index contributed by atoms with van der Waals surface area (Å²) in [6.07, 6.45) is 0. The smallest absolute Gasteiger partial charge is 0.295 e. The first-order valence-electron chi connectivity index (χ1n) is 10.4. The van der Waals surface area contributed by atoms with Crippen LogP contribution in [0.2, 0.25) is 0 Å². The highest BCUT2D eigenvalue weighted by Crippen LogP contribution is 2.41. The Morgan fingerprint density at radius 2 is 1.77 bits per heavy atom. The number of likely N-dealkylation sites (N-methyl/N-ethyl adjacent to an activating group) is 1. The van der Waals surface area contributed by atoms with E-state index in [0.29, 0.717) is 18.8 Å². The monoisotopic (exact) mass is 424 g/mol. The Morgan fingerprint density at radius 1 is 1.10 bits per heavy atom. The molecule has 164 valence electrons. The summed E-state index contributed by atoms with van der Waals surface area (Å²) in [5, 5.41) is 21.4. The van der Waals surface area contributed by atoms with Gasteiger partial charge in [-0.2, -0.15) is 0 Å². The average molecular weight is 424 g/mol. The van der Waals surface area contributed by atoms with E-state index in [2.05, 4.69) is 4.90 Å². The van der Waals surface area contributed by atoms with Crippen LogP contribution in [0.25, 0.3) is 5.76 Å². The van der Waals surface area contributed by atoms with Gasteiger partial charge in [0.1, 0.15) is 17.3 Å². The molecule has 2 aromatic rings. The van der Waals surface area contributed by atoms with Gasteiger partial charge in [0.05, 0.1) is 24.3 Å². The normalized spacial score (nSPS) is 18.1. The van der Waals surface area contributed by atoms with Gasteiger partial charge < -0.3 is 24.7 Å². The maximum absolute atomic E-state index is 13.0. The van der Waals surface area contributed by atoms with E-state index in [-0.39, 0.29) is 16.9 Å². The van der Waals surface area contributed by atoms with Crippen LogP contribution < -0.4 is 4.74 Å². The quantitative estimate of drug-likeness (QED) is 0.384. The van der Waals surface area contributed by atoms with Crippen molar-refractivity contribution in [2.24, 2.45) is 0 Å². The lowest BCUT2D eigenvalue weighted by atomic mass is 9.95. The maximum atomic E-state index is 13.0. The molecule has 1 aliphatic rings. The molecule has 2 N–H and O–H groups in total. The standard InChI is InChI=1S/C24H28N2O5/c1-4-25(5-2)13-14-26-21(16-9-7-6-8-10-16)20(23(29)24(26)30)22(28)18-12-11-17(31-3)15-19(18)27/h6-12,15,21,27-28H,4-5,13-14H2,1-3H3/b22-20+. The number of phenolic OH excluding ortho intramolecular Hbond substituents is 1. The van der Waals surface area contributed by atoms with Crippen molar-refractivity contribution < 1.29 is 24.5 Å². The SMILES string of the molecule is CCN(CC)CCN1C(=O)C(=O)/C(=C(/O)c2ccc(OC)cc2O)C1c1ccccc1. The zero-order chi connectivity index (χ0) is 22.5. The first-order valence-corrected chi connectivity index (χ1v) is 10.4. The summed E-state index contributed by atoms with van der Waals surface area (Å²) in [7, 11) is 1.46. The highest BCUT2D eigenvalue weighted by atomic mass is 16.5. The number of hydrogen-bond donors (Lipinski definition) is 2. The Morgan fingerprint density at radius 3 is 2.35 bits per heavy atom. The molecule has 0 bridgehead atoms. The van der Waals surface area contributed by atoms with Crippen LogP contribution in [0.1, 0.15) is 31.0 Å². The van der Waals surface area contributed by atoms with Crippen molar-refractivity contribution in [3.8, 4) is 11.5 Å². The molecule has 31 heavy (non-hydrogen) atoms. The van der Waals surface area contributed by atoms with Gasteiger partial charge in [0, 0.05) is 19.2 Å². The van der Waals surface area contributed by atoms with Gasteiger partial charge in [-0.05, 0) is 30.8 Å². The zero-order valence-corrected chi connectivity index (χ0v) is 18.0. The lowest BCUT2D eigenvalue weighted by molar-refractivity contribution is -0.140. The van der Waals surface area contributed by atoms with Crippen LogP contribution in [-0.2, 0) is 9.59 Å². The fourth-order valence-electron chi connectivity index (χ4n) is 3.87. The van der Waals surface area contributed by atoms with Crippen molar-refractivity contribution in [1.82, 2.24) is 9.80 Å². The number of amides is 1. The van der Waals surface area contributed by atoms with E-state index in [0.717, 1.165) is 18.7 Å². The van der Waals surface area contributed by atoms with Gasteiger partial charge in [0.2, 0.25) is 0 Å². The zero-order valence-electron chi connectivity index (χ0n) is 18.0. The number of phenols is 1. The van der Waals surface area contributed by atoms with E-state index in [4.69, 9.17) is 4.74 Å². The third kappa shape index (κ3) is 4.41. The largest absolute Gasteiger partial charge is 0.507 e. The minimum Gasteiger partial charge on any atom is -0.507 e. The highest BCUT2D eigenvalue weighted by molar-refractivity contribution is 6.46. The predicted octanol–water partition coefficient (Wildman–Crippen LogP) is 3.16. The molecule has 0 saturated carbocycles. The molecule has 2 aromatic carbocycles. The van der Waals surface area contributed by atoms with Crippen molar-refractivity contribution >= 4 is 17.4 Å². The molecular weight excluding hydrogens is 396 g/mol. The predicted molar refractivity (Wildman–Crippen MR) is 118 cm³/mol. The molecule has 0 aliphatic carbocycles. The minimum atomic E-state index is -0.763. The van der Waals surface area contributed by atoms with Crippen molar-refractivity contribution in [3.63, 3.8) is 0 Å². The summed E-state index contributed by atoms with van der Waals surface area (Å²) in [5.74, 6) is -1.65. The number of carbonyl (C=O) groups is 2. The maximum Gasteiger partial charge on any atom is 0.295 e. The van der Waals surface area contributed by atoms with Crippen LogP contribution in [0.3, 0.4) is 0 Å². The second-order valence-corrected chi connectivity index (χ2v) is 7.31. The number of ether oxygens (including phenoxy) is 1. The van der Waals surface area contributed by atoms with Crippen LogP contribution in [0, 0.1) is 0 Å². The molecule has 1 unspecified atom stereocenters. The number of carbonyl (C=O) groups excluding carboxylic acids is 2. The molecule has 1 aliphatic heterocycles. The Bertz CT molecular complexity index is 983. The molecule has 3 rings (SSSR count). The van der Waals surface area contributed by atoms with Crippen LogP contribution >= 0.6 is 0 Å². The van der Waals surface area contributed by atoms with Gasteiger partial charge in [0.25, 0.3) is 11.7 Å². The summed E-state index contributed by atoms with van der Waals surface area (Å²) < 4.78 is 5.08. The Kier molecular flexibility index (Phi) is 6.97. The number of rotatable bonds is 8. The number of hydrogen-bond acceptors (Lipinski definition) is 6. The number of aliphatic hydroxyl groups is 1. The summed E-state index contributed by atoms with van der Waals surface area (Å²) in [4.78, 5) is 29.6. The summed E-state index contributed by atoms with van der Waals surface area (Å²) in [6.45, 7) is 6.69. The van der Waals surface area contributed by atoms with Gasteiger partial charge in [-0.1, -0.05) is 44.2 Å². The molecule has 7 nitrogen and oxygen atoms in total. The Hall–Kier alpha value is -3.32. The van der Waals surface area contributed by atoms with Crippen molar-refractivity contribution in [3.05, 3.63) is 65.2 Å². The topological polar surface area (TPSA) is 90.3 Å². The molecule has 1 heterocycles. The molecule has 1 amide bonds. The van der Waals surface area contributed by atoms with Gasteiger partial charge >= 0.3 is 0 Å². The second-order valence-electron chi connectivity index (χ2n) is 7.31. The number of aliphatic hydroxyl groups excluding tert-OH is 1. The minimum absolute atomic E-state index is 0.0313. The van der Waals surface area contributed by atoms with Gasteiger partial charge in [-0.3, -0.25) is 9.59 Å². The Labute approximate surface area is 182 Å². The van der Waals surface area contributed by atoms with E-state index in [1.165, 1.54) is 24.1 Å². The van der Waals surface area contributed by atoms with E-state index < -0.39 is 23.5 Å².